The lowest BCUT2D eigenvalue weighted by Gasteiger charge is -2.17. The summed E-state index contributed by atoms with van der Waals surface area (Å²) in [6.45, 7) is 9.61. The van der Waals surface area contributed by atoms with E-state index >= 15 is 0 Å². The lowest BCUT2D eigenvalue weighted by molar-refractivity contribution is 0.187. The number of allylic oxidation sites excluding steroid dienone is 1. The third-order valence-corrected chi connectivity index (χ3v) is 2.57. The van der Waals surface area contributed by atoms with Gasteiger partial charge in [-0.15, -0.1) is 0 Å². The van der Waals surface area contributed by atoms with Crippen LogP contribution in [0.1, 0.15) is 27.2 Å². The van der Waals surface area contributed by atoms with E-state index in [1.165, 1.54) is 11.3 Å². The second-order valence-electron chi connectivity index (χ2n) is 4.04. The van der Waals surface area contributed by atoms with Crippen molar-refractivity contribution in [3.63, 3.8) is 0 Å². The second kappa shape index (κ2) is 4.66. The molecule has 1 rings (SSSR count). The quantitative estimate of drug-likeness (QED) is 0.651. The minimum absolute atomic E-state index is 0.607. The molecule has 2 heteroatoms. The minimum atomic E-state index is 0.607. The number of ether oxygens (including phenoxy) is 1. The van der Waals surface area contributed by atoms with Gasteiger partial charge in [-0.1, -0.05) is 20.8 Å². The molecule has 0 fully saturated rings. The molecule has 0 aromatic heterocycles. The molecule has 1 aliphatic rings. The summed E-state index contributed by atoms with van der Waals surface area (Å²) in [5.41, 5.74) is 1.47. The lowest BCUT2D eigenvalue weighted by Crippen LogP contribution is -2.23. The predicted molar refractivity (Wildman–Crippen MR) is 55.6 cm³/mol. The van der Waals surface area contributed by atoms with Gasteiger partial charge in [0.2, 0.25) is 0 Å². The van der Waals surface area contributed by atoms with Crippen molar-refractivity contribution in [1.29, 1.82) is 0 Å². The average molecular weight is 183 g/mol. The van der Waals surface area contributed by atoms with Crippen LogP contribution in [0.3, 0.4) is 0 Å². The number of likely N-dealkylation sites (N-methyl/N-ethyl adjacent to an activating group) is 1. The highest BCUT2D eigenvalue weighted by Crippen LogP contribution is 2.21. The molecular formula is C11H21NO. The van der Waals surface area contributed by atoms with Gasteiger partial charge in [0.05, 0.1) is 5.76 Å². The Morgan fingerprint density at radius 3 is 2.69 bits per heavy atom. The maximum absolute atomic E-state index is 5.73. The predicted octanol–water partition coefficient (Wildman–Crippen LogP) is 2.27. The molecule has 0 unspecified atom stereocenters. The fourth-order valence-corrected chi connectivity index (χ4v) is 1.71. The van der Waals surface area contributed by atoms with Crippen molar-refractivity contribution in [3.05, 3.63) is 11.3 Å². The normalized spacial score (nSPS) is 20.4. The topological polar surface area (TPSA) is 12.5 Å². The molecular weight excluding hydrogens is 162 g/mol. The molecule has 0 bridgehead atoms. The van der Waals surface area contributed by atoms with Crippen molar-refractivity contribution >= 4 is 0 Å². The molecule has 0 aromatic rings. The van der Waals surface area contributed by atoms with Crippen molar-refractivity contribution in [2.75, 3.05) is 26.7 Å². The molecule has 0 saturated heterocycles. The van der Waals surface area contributed by atoms with Crippen molar-refractivity contribution in [1.82, 2.24) is 4.90 Å². The maximum Gasteiger partial charge on any atom is 0.100 e. The van der Waals surface area contributed by atoms with E-state index in [9.17, 15) is 0 Å². The average Bonchev–Trinajstić information content (AvgIpc) is 2.26. The van der Waals surface area contributed by atoms with Crippen molar-refractivity contribution in [3.8, 4) is 0 Å². The zero-order chi connectivity index (χ0) is 9.84. The number of rotatable bonds is 2. The van der Waals surface area contributed by atoms with Crippen molar-refractivity contribution in [2.24, 2.45) is 5.92 Å². The summed E-state index contributed by atoms with van der Waals surface area (Å²) in [6, 6.07) is 0. The van der Waals surface area contributed by atoms with Crippen LogP contribution in [0.25, 0.3) is 0 Å². The first-order valence-corrected chi connectivity index (χ1v) is 5.18. The first-order chi connectivity index (χ1) is 6.15. The van der Waals surface area contributed by atoms with Crippen LogP contribution < -0.4 is 0 Å². The van der Waals surface area contributed by atoms with E-state index in [2.05, 4.69) is 32.7 Å². The Bertz CT molecular complexity index is 196. The van der Waals surface area contributed by atoms with Crippen LogP contribution in [0.4, 0.5) is 0 Å². The highest BCUT2D eigenvalue weighted by atomic mass is 16.5. The molecule has 13 heavy (non-hydrogen) atoms. The minimum Gasteiger partial charge on any atom is -0.497 e. The van der Waals surface area contributed by atoms with E-state index < -0.39 is 0 Å². The van der Waals surface area contributed by atoms with Crippen molar-refractivity contribution in [2.45, 2.75) is 27.2 Å². The molecule has 0 N–H and O–H groups in total. The molecule has 1 heterocycles. The van der Waals surface area contributed by atoms with E-state index in [1.807, 2.05) is 0 Å². The molecule has 2 nitrogen and oxygen atoms in total. The second-order valence-corrected chi connectivity index (χ2v) is 4.04. The Labute approximate surface area is 81.6 Å². The summed E-state index contributed by atoms with van der Waals surface area (Å²) in [4.78, 5) is 2.33. The van der Waals surface area contributed by atoms with E-state index in [-0.39, 0.29) is 0 Å². The SMILES string of the molecule is CCC1=C(C(C)C)CN(C)CCO1. The van der Waals surface area contributed by atoms with E-state index in [1.54, 1.807) is 0 Å². The third-order valence-electron chi connectivity index (χ3n) is 2.57. The molecule has 0 atom stereocenters. The zero-order valence-corrected chi connectivity index (χ0v) is 9.26. The first-order valence-electron chi connectivity index (χ1n) is 5.18. The Balaban J connectivity index is 2.81. The lowest BCUT2D eigenvalue weighted by atomic mass is 10.0. The van der Waals surface area contributed by atoms with Gasteiger partial charge in [0.15, 0.2) is 0 Å². The maximum atomic E-state index is 5.73. The van der Waals surface area contributed by atoms with Crippen molar-refractivity contribution < 1.29 is 4.74 Å². The highest BCUT2D eigenvalue weighted by molar-refractivity contribution is 5.13. The van der Waals surface area contributed by atoms with Crippen LogP contribution >= 0.6 is 0 Å². The van der Waals surface area contributed by atoms with Gasteiger partial charge in [-0.2, -0.15) is 0 Å². The summed E-state index contributed by atoms with van der Waals surface area (Å²) in [5, 5.41) is 0. The number of nitrogens with zero attached hydrogens (tertiary/aromatic N) is 1. The van der Waals surface area contributed by atoms with Crippen LogP contribution in [-0.4, -0.2) is 31.6 Å². The van der Waals surface area contributed by atoms with Gasteiger partial charge in [0.1, 0.15) is 6.61 Å². The van der Waals surface area contributed by atoms with Gasteiger partial charge in [-0.05, 0) is 18.5 Å². The van der Waals surface area contributed by atoms with Gasteiger partial charge in [0.25, 0.3) is 0 Å². The smallest absolute Gasteiger partial charge is 0.100 e. The highest BCUT2D eigenvalue weighted by Gasteiger charge is 2.16. The molecule has 0 spiro atoms. The first kappa shape index (κ1) is 10.6. The Morgan fingerprint density at radius 2 is 2.15 bits per heavy atom. The molecule has 0 aliphatic carbocycles. The number of hydrogen-bond acceptors (Lipinski definition) is 2. The molecule has 1 aliphatic heterocycles. The van der Waals surface area contributed by atoms with Crippen LogP contribution in [0.2, 0.25) is 0 Å². The van der Waals surface area contributed by atoms with Gasteiger partial charge < -0.3 is 4.74 Å². The Morgan fingerprint density at radius 1 is 1.46 bits per heavy atom. The summed E-state index contributed by atoms with van der Waals surface area (Å²) in [6.07, 6.45) is 1.03. The molecule has 0 radical (unpaired) electrons. The zero-order valence-electron chi connectivity index (χ0n) is 9.26. The van der Waals surface area contributed by atoms with E-state index in [4.69, 9.17) is 4.74 Å². The van der Waals surface area contributed by atoms with Crippen LogP contribution in [-0.2, 0) is 4.74 Å². The Hall–Kier alpha value is -0.500. The van der Waals surface area contributed by atoms with E-state index in [0.717, 1.165) is 26.1 Å². The summed E-state index contributed by atoms with van der Waals surface area (Å²) >= 11 is 0. The van der Waals surface area contributed by atoms with Crippen LogP contribution in [0, 0.1) is 5.92 Å². The molecule has 0 amide bonds. The largest absolute Gasteiger partial charge is 0.497 e. The standard InChI is InChI=1S/C11H21NO/c1-5-11-10(9(2)3)8-12(4)6-7-13-11/h9H,5-8H2,1-4H3. The van der Waals surface area contributed by atoms with E-state index in [0.29, 0.717) is 5.92 Å². The molecule has 0 aromatic carbocycles. The Kier molecular flexibility index (Phi) is 3.79. The fraction of sp³-hybridized carbons (Fsp3) is 0.818. The summed E-state index contributed by atoms with van der Waals surface area (Å²) in [5.74, 6) is 1.83. The van der Waals surface area contributed by atoms with Crippen LogP contribution in [0.5, 0.6) is 0 Å². The molecule has 76 valence electrons. The molecule has 0 saturated carbocycles. The van der Waals surface area contributed by atoms with Gasteiger partial charge >= 0.3 is 0 Å². The number of hydrogen-bond donors (Lipinski definition) is 0. The third kappa shape index (κ3) is 2.73. The monoisotopic (exact) mass is 183 g/mol. The van der Waals surface area contributed by atoms with Gasteiger partial charge in [-0.3, -0.25) is 4.90 Å². The van der Waals surface area contributed by atoms with Gasteiger partial charge in [-0.25, -0.2) is 0 Å². The van der Waals surface area contributed by atoms with Gasteiger partial charge in [0, 0.05) is 19.5 Å². The van der Waals surface area contributed by atoms with Crippen LogP contribution in [0.15, 0.2) is 11.3 Å². The fourth-order valence-electron chi connectivity index (χ4n) is 1.71. The summed E-state index contributed by atoms with van der Waals surface area (Å²) in [7, 11) is 2.16. The summed E-state index contributed by atoms with van der Waals surface area (Å²) < 4.78 is 5.73.